The molecular weight excluding hydrogens is 250 g/mol. The Labute approximate surface area is 101 Å². The van der Waals surface area contributed by atoms with E-state index in [0.717, 1.165) is 0 Å². The van der Waals surface area contributed by atoms with Crippen LogP contribution in [-0.4, -0.2) is 46.4 Å². The fourth-order valence-corrected chi connectivity index (χ4v) is 1.93. The number of methoxy groups -OCH3 is 1. The molecule has 1 N–H and O–H groups in total. The lowest BCUT2D eigenvalue weighted by atomic mass is 10.4. The van der Waals surface area contributed by atoms with E-state index in [1.165, 1.54) is 7.11 Å². The quantitative estimate of drug-likeness (QED) is 0.591. The van der Waals surface area contributed by atoms with Crippen molar-refractivity contribution in [2.75, 3.05) is 26.0 Å². The second-order valence-corrected chi connectivity index (χ2v) is 5.02. The third-order valence-corrected chi connectivity index (χ3v) is 3.14. The highest BCUT2D eigenvalue weighted by Crippen LogP contribution is 1.93. The molecule has 0 aromatic heterocycles. The first-order valence-corrected chi connectivity index (χ1v) is 6.76. The molecule has 17 heavy (non-hydrogen) atoms. The highest BCUT2D eigenvalue weighted by atomic mass is 32.2. The Morgan fingerprint density at radius 2 is 1.82 bits per heavy atom. The van der Waals surface area contributed by atoms with E-state index in [1.54, 1.807) is 6.92 Å². The van der Waals surface area contributed by atoms with Gasteiger partial charge in [-0.25, -0.2) is 13.1 Å². The van der Waals surface area contributed by atoms with Crippen molar-refractivity contribution in [3.8, 4) is 0 Å². The lowest BCUT2D eigenvalue weighted by Gasteiger charge is -2.05. The van der Waals surface area contributed by atoms with Crippen molar-refractivity contribution in [2.24, 2.45) is 0 Å². The maximum Gasteiger partial charge on any atom is 0.307 e. The Morgan fingerprint density at radius 1 is 1.18 bits per heavy atom. The average molecular weight is 267 g/mol. The number of hydrogen-bond donors (Lipinski definition) is 1. The zero-order chi connectivity index (χ0) is 13.3. The summed E-state index contributed by atoms with van der Waals surface area (Å²) in [5, 5.41) is 0. The van der Waals surface area contributed by atoms with Gasteiger partial charge in [0, 0.05) is 6.54 Å². The molecular formula is C9H17NO6S. The van der Waals surface area contributed by atoms with Gasteiger partial charge in [-0.05, 0) is 6.92 Å². The van der Waals surface area contributed by atoms with Gasteiger partial charge in [-0.1, -0.05) is 0 Å². The van der Waals surface area contributed by atoms with Crippen molar-refractivity contribution in [3.63, 3.8) is 0 Å². The molecule has 0 aliphatic carbocycles. The van der Waals surface area contributed by atoms with E-state index >= 15 is 0 Å². The number of hydrogen-bond acceptors (Lipinski definition) is 6. The van der Waals surface area contributed by atoms with Crippen molar-refractivity contribution in [2.45, 2.75) is 19.8 Å². The molecule has 8 heteroatoms. The first kappa shape index (κ1) is 15.9. The third-order valence-electron chi connectivity index (χ3n) is 1.76. The predicted molar refractivity (Wildman–Crippen MR) is 59.7 cm³/mol. The van der Waals surface area contributed by atoms with Gasteiger partial charge < -0.3 is 9.47 Å². The Balaban J connectivity index is 3.86. The van der Waals surface area contributed by atoms with E-state index in [1.807, 2.05) is 0 Å². The summed E-state index contributed by atoms with van der Waals surface area (Å²) in [5.41, 5.74) is 0. The Hall–Kier alpha value is -1.15. The van der Waals surface area contributed by atoms with Gasteiger partial charge in [0.05, 0.1) is 32.3 Å². The molecule has 0 bridgehead atoms. The van der Waals surface area contributed by atoms with Crippen LogP contribution in [0.3, 0.4) is 0 Å². The molecule has 0 unspecified atom stereocenters. The molecule has 0 aliphatic rings. The van der Waals surface area contributed by atoms with E-state index < -0.39 is 22.0 Å². The van der Waals surface area contributed by atoms with Crippen molar-refractivity contribution in [3.05, 3.63) is 0 Å². The van der Waals surface area contributed by atoms with Crippen LogP contribution in [0.4, 0.5) is 0 Å². The van der Waals surface area contributed by atoms with Gasteiger partial charge in [0.2, 0.25) is 10.0 Å². The minimum Gasteiger partial charge on any atom is -0.469 e. The van der Waals surface area contributed by atoms with E-state index in [-0.39, 0.29) is 31.7 Å². The minimum atomic E-state index is -3.56. The van der Waals surface area contributed by atoms with E-state index in [9.17, 15) is 18.0 Å². The highest BCUT2D eigenvalue weighted by molar-refractivity contribution is 7.89. The van der Waals surface area contributed by atoms with Gasteiger partial charge in [0.25, 0.3) is 0 Å². The standard InChI is InChI=1S/C9H17NO6S/c1-3-16-9(12)4-6-10-17(13,14)7-5-8(11)15-2/h10H,3-7H2,1-2H3. The smallest absolute Gasteiger partial charge is 0.307 e. The molecule has 0 aromatic rings. The third kappa shape index (κ3) is 8.64. The number of carbonyl (C=O) groups is 2. The van der Waals surface area contributed by atoms with Crippen LogP contribution in [0.5, 0.6) is 0 Å². The monoisotopic (exact) mass is 267 g/mol. The van der Waals surface area contributed by atoms with E-state index in [4.69, 9.17) is 0 Å². The van der Waals surface area contributed by atoms with Crippen LogP contribution < -0.4 is 4.72 Å². The minimum absolute atomic E-state index is 0.0364. The van der Waals surface area contributed by atoms with Gasteiger partial charge >= 0.3 is 11.9 Å². The fourth-order valence-electron chi connectivity index (χ4n) is 0.934. The number of carbonyl (C=O) groups excluding carboxylic acids is 2. The Kier molecular flexibility index (Phi) is 7.47. The van der Waals surface area contributed by atoms with Gasteiger partial charge in [-0.15, -0.1) is 0 Å². The molecule has 0 aromatic carbocycles. The second-order valence-electron chi connectivity index (χ2n) is 3.09. The maximum absolute atomic E-state index is 11.3. The van der Waals surface area contributed by atoms with Crippen molar-refractivity contribution >= 4 is 22.0 Å². The van der Waals surface area contributed by atoms with Crippen LogP contribution >= 0.6 is 0 Å². The molecule has 0 spiro atoms. The predicted octanol–water partition coefficient (Wildman–Crippen LogP) is -0.578. The number of ether oxygens (including phenoxy) is 2. The molecule has 0 atom stereocenters. The van der Waals surface area contributed by atoms with Crippen LogP contribution in [0.2, 0.25) is 0 Å². The summed E-state index contributed by atoms with van der Waals surface area (Å²) in [5.74, 6) is -1.42. The highest BCUT2D eigenvalue weighted by Gasteiger charge is 2.13. The van der Waals surface area contributed by atoms with Crippen molar-refractivity contribution in [1.82, 2.24) is 4.72 Å². The maximum atomic E-state index is 11.3. The van der Waals surface area contributed by atoms with Crippen molar-refractivity contribution in [1.29, 1.82) is 0 Å². The number of nitrogens with one attached hydrogen (secondary N) is 1. The van der Waals surface area contributed by atoms with Gasteiger partial charge in [0.15, 0.2) is 0 Å². The normalized spacial score (nSPS) is 10.9. The summed E-state index contributed by atoms with van der Waals surface area (Å²) in [7, 11) is -2.37. The largest absolute Gasteiger partial charge is 0.469 e. The second kappa shape index (κ2) is 8.02. The summed E-state index contributed by atoms with van der Waals surface area (Å²) in [6.45, 7) is 1.88. The summed E-state index contributed by atoms with van der Waals surface area (Å²) in [6, 6.07) is 0. The summed E-state index contributed by atoms with van der Waals surface area (Å²) in [6.07, 6.45) is -0.253. The Morgan fingerprint density at radius 3 is 2.35 bits per heavy atom. The number of esters is 2. The zero-order valence-electron chi connectivity index (χ0n) is 9.89. The van der Waals surface area contributed by atoms with Crippen molar-refractivity contribution < 1.29 is 27.5 Å². The summed E-state index contributed by atoms with van der Waals surface area (Å²) in [4.78, 5) is 21.6. The molecule has 0 amide bonds. The van der Waals surface area contributed by atoms with Crippen LogP contribution in [0.25, 0.3) is 0 Å². The summed E-state index contributed by atoms with van der Waals surface area (Å²) < 4.78 is 33.8. The SMILES string of the molecule is CCOC(=O)CCNS(=O)(=O)CCC(=O)OC. The average Bonchev–Trinajstić information content (AvgIpc) is 2.26. The molecule has 0 saturated carbocycles. The number of sulfonamides is 1. The first-order chi connectivity index (χ1) is 7.91. The first-order valence-electron chi connectivity index (χ1n) is 5.11. The van der Waals surface area contributed by atoms with E-state index in [2.05, 4.69) is 14.2 Å². The zero-order valence-corrected chi connectivity index (χ0v) is 10.7. The molecule has 7 nitrogen and oxygen atoms in total. The molecule has 0 rings (SSSR count). The van der Waals surface area contributed by atoms with Gasteiger partial charge in [-0.3, -0.25) is 9.59 Å². The van der Waals surface area contributed by atoms with Gasteiger partial charge in [0.1, 0.15) is 0 Å². The Bertz CT molecular complexity index is 350. The molecule has 0 saturated heterocycles. The molecule has 0 aliphatic heterocycles. The lowest BCUT2D eigenvalue weighted by Crippen LogP contribution is -2.30. The lowest BCUT2D eigenvalue weighted by molar-refractivity contribution is -0.143. The fraction of sp³-hybridized carbons (Fsp3) is 0.778. The topological polar surface area (TPSA) is 98.8 Å². The molecule has 100 valence electrons. The van der Waals surface area contributed by atoms with Crippen LogP contribution in [-0.2, 0) is 29.1 Å². The molecule has 0 fully saturated rings. The van der Waals surface area contributed by atoms with Gasteiger partial charge in [-0.2, -0.15) is 0 Å². The molecule has 0 radical (unpaired) electrons. The number of rotatable bonds is 8. The molecule has 0 heterocycles. The van der Waals surface area contributed by atoms with Crippen LogP contribution in [0, 0.1) is 0 Å². The van der Waals surface area contributed by atoms with Crippen LogP contribution in [0.15, 0.2) is 0 Å². The van der Waals surface area contributed by atoms with Crippen LogP contribution in [0.1, 0.15) is 19.8 Å². The van der Waals surface area contributed by atoms with E-state index in [0.29, 0.717) is 0 Å². The summed E-state index contributed by atoms with van der Waals surface area (Å²) >= 11 is 0.